The zero-order valence-corrected chi connectivity index (χ0v) is 16.0. The first-order chi connectivity index (χ1) is 13.4. The van der Waals surface area contributed by atoms with Gasteiger partial charge < -0.3 is 14.7 Å². The number of hydrogen-bond donors (Lipinski definition) is 1. The van der Waals surface area contributed by atoms with Crippen LogP contribution in [0.1, 0.15) is 30.9 Å². The topological polar surface area (TPSA) is 66.8 Å². The summed E-state index contributed by atoms with van der Waals surface area (Å²) >= 11 is 0. The van der Waals surface area contributed by atoms with E-state index in [0.717, 1.165) is 5.57 Å². The SMILES string of the molecule is CC(C)(C(=O)O)C1=CCN(C(=O)OCC2c3ccccc3-c3ccccc32)C1. The predicted octanol–water partition coefficient (Wildman–Crippen LogP) is 4.29. The van der Waals surface area contributed by atoms with Crippen molar-refractivity contribution in [2.45, 2.75) is 19.8 Å². The summed E-state index contributed by atoms with van der Waals surface area (Å²) in [6, 6.07) is 16.4. The third-order valence-corrected chi connectivity index (χ3v) is 5.85. The van der Waals surface area contributed by atoms with Crippen LogP contribution in [0.15, 0.2) is 60.2 Å². The molecule has 0 saturated heterocycles. The summed E-state index contributed by atoms with van der Waals surface area (Å²) in [5.74, 6) is -0.880. The summed E-state index contributed by atoms with van der Waals surface area (Å²) in [7, 11) is 0. The number of benzene rings is 2. The first-order valence-corrected chi connectivity index (χ1v) is 9.42. The fraction of sp³-hybridized carbons (Fsp3) is 0.304. The van der Waals surface area contributed by atoms with Gasteiger partial charge in [-0.3, -0.25) is 4.79 Å². The molecule has 0 bridgehead atoms. The summed E-state index contributed by atoms with van der Waals surface area (Å²) in [5.41, 5.74) is 4.46. The number of hydrogen-bond acceptors (Lipinski definition) is 3. The second kappa shape index (κ2) is 6.82. The summed E-state index contributed by atoms with van der Waals surface area (Å²) in [6.45, 7) is 4.24. The van der Waals surface area contributed by atoms with Crippen LogP contribution in [-0.2, 0) is 9.53 Å². The number of carboxylic acids is 1. The fourth-order valence-corrected chi connectivity index (χ4v) is 3.97. The molecule has 4 rings (SSSR count). The maximum atomic E-state index is 12.6. The molecule has 0 fully saturated rings. The number of fused-ring (bicyclic) bond motifs is 3. The molecule has 28 heavy (non-hydrogen) atoms. The quantitative estimate of drug-likeness (QED) is 0.807. The number of aliphatic carboxylic acids is 1. The Bertz CT molecular complexity index is 931. The van der Waals surface area contributed by atoms with Crippen molar-refractivity contribution >= 4 is 12.1 Å². The zero-order chi connectivity index (χ0) is 19.9. The van der Waals surface area contributed by atoms with E-state index < -0.39 is 17.5 Å². The first kappa shape index (κ1) is 18.3. The molecule has 0 saturated carbocycles. The van der Waals surface area contributed by atoms with Gasteiger partial charge in [0.25, 0.3) is 0 Å². The summed E-state index contributed by atoms with van der Waals surface area (Å²) in [5, 5.41) is 9.38. The zero-order valence-electron chi connectivity index (χ0n) is 16.0. The number of amides is 1. The molecule has 0 radical (unpaired) electrons. The highest BCUT2D eigenvalue weighted by Crippen LogP contribution is 2.44. The van der Waals surface area contributed by atoms with Gasteiger partial charge in [0, 0.05) is 19.0 Å². The average Bonchev–Trinajstić information content (AvgIpc) is 3.30. The molecule has 1 amide bonds. The number of nitrogens with zero attached hydrogens (tertiary/aromatic N) is 1. The number of carboxylic acid groups (broad SMARTS) is 1. The molecule has 2 aromatic carbocycles. The maximum absolute atomic E-state index is 12.6. The highest BCUT2D eigenvalue weighted by Gasteiger charge is 2.37. The van der Waals surface area contributed by atoms with Gasteiger partial charge in [-0.2, -0.15) is 0 Å². The van der Waals surface area contributed by atoms with Crippen molar-refractivity contribution in [1.82, 2.24) is 4.90 Å². The molecule has 5 nitrogen and oxygen atoms in total. The lowest BCUT2D eigenvalue weighted by Crippen LogP contribution is -2.34. The van der Waals surface area contributed by atoms with E-state index in [-0.39, 0.29) is 19.1 Å². The fourth-order valence-electron chi connectivity index (χ4n) is 3.97. The first-order valence-electron chi connectivity index (χ1n) is 9.42. The van der Waals surface area contributed by atoms with E-state index in [0.29, 0.717) is 6.54 Å². The molecule has 0 aromatic heterocycles. The van der Waals surface area contributed by atoms with Crippen molar-refractivity contribution < 1.29 is 19.4 Å². The van der Waals surface area contributed by atoms with Gasteiger partial charge in [-0.15, -0.1) is 0 Å². The summed E-state index contributed by atoms with van der Waals surface area (Å²) < 4.78 is 5.65. The van der Waals surface area contributed by atoms with Gasteiger partial charge in [0.05, 0.1) is 5.41 Å². The Hall–Kier alpha value is -3.08. The summed E-state index contributed by atoms with van der Waals surface area (Å²) in [4.78, 5) is 25.6. The molecule has 0 atom stereocenters. The maximum Gasteiger partial charge on any atom is 0.410 e. The number of carbonyl (C=O) groups is 2. The van der Waals surface area contributed by atoms with Crippen molar-refractivity contribution in [2.75, 3.05) is 19.7 Å². The Morgan fingerprint density at radius 3 is 2.21 bits per heavy atom. The van der Waals surface area contributed by atoms with E-state index in [9.17, 15) is 14.7 Å². The second-order valence-corrected chi connectivity index (χ2v) is 7.84. The second-order valence-electron chi connectivity index (χ2n) is 7.84. The third kappa shape index (κ3) is 2.97. The Morgan fingerprint density at radius 2 is 1.64 bits per heavy atom. The predicted molar refractivity (Wildman–Crippen MR) is 106 cm³/mol. The van der Waals surface area contributed by atoms with Crippen LogP contribution in [0.4, 0.5) is 4.79 Å². The molecule has 0 spiro atoms. The van der Waals surface area contributed by atoms with Gasteiger partial charge in [0.1, 0.15) is 6.61 Å². The van der Waals surface area contributed by atoms with Gasteiger partial charge in [0.2, 0.25) is 0 Å². The number of carbonyl (C=O) groups excluding carboxylic acids is 1. The molecule has 2 aliphatic rings. The van der Waals surface area contributed by atoms with Crippen molar-refractivity contribution in [1.29, 1.82) is 0 Å². The van der Waals surface area contributed by atoms with E-state index in [1.807, 2.05) is 30.3 Å². The van der Waals surface area contributed by atoms with Crippen LogP contribution < -0.4 is 0 Å². The monoisotopic (exact) mass is 377 g/mol. The average molecular weight is 377 g/mol. The smallest absolute Gasteiger partial charge is 0.410 e. The third-order valence-electron chi connectivity index (χ3n) is 5.85. The van der Waals surface area contributed by atoms with E-state index in [1.165, 1.54) is 22.3 Å². The molecule has 0 unspecified atom stereocenters. The lowest BCUT2D eigenvalue weighted by atomic mass is 9.85. The minimum atomic E-state index is -0.988. The molecule has 1 heterocycles. The largest absolute Gasteiger partial charge is 0.481 e. The van der Waals surface area contributed by atoms with E-state index >= 15 is 0 Å². The van der Waals surface area contributed by atoms with Crippen molar-refractivity contribution in [2.24, 2.45) is 5.41 Å². The Morgan fingerprint density at radius 1 is 1.07 bits per heavy atom. The van der Waals surface area contributed by atoms with Crippen LogP contribution in [-0.4, -0.2) is 41.8 Å². The van der Waals surface area contributed by atoms with Gasteiger partial charge in [-0.1, -0.05) is 54.6 Å². The minimum Gasteiger partial charge on any atom is -0.481 e. The van der Waals surface area contributed by atoms with Crippen molar-refractivity contribution in [3.05, 3.63) is 71.3 Å². The Kier molecular flexibility index (Phi) is 4.46. The molecule has 144 valence electrons. The van der Waals surface area contributed by atoms with Gasteiger partial charge >= 0.3 is 12.1 Å². The van der Waals surface area contributed by atoms with Crippen LogP contribution in [0.5, 0.6) is 0 Å². The van der Waals surface area contributed by atoms with E-state index in [4.69, 9.17) is 4.74 Å². The molecular weight excluding hydrogens is 354 g/mol. The van der Waals surface area contributed by atoms with Crippen LogP contribution in [0.3, 0.4) is 0 Å². The highest BCUT2D eigenvalue weighted by molar-refractivity contribution is 5.80. The minimum absolute atomic E-state index is 0.0156. The van der Waals surface area contributed by atoms with Crippen molar-refractivity contribution in [3.63, 3.8) is 0 Å². The lowest BCUT2D eigenvalue weighted by molar-refractivity contribution is -0.144. The molecule has 1 aliphatic heterocycles. The molecule has 1 aliphatic carbocycles. The van der Waals surface area contributed by atoms with Gasteiger partial charge in [0.15, 0.2) is 0 Å². The van der Waals surface area contributed by atoms with Crippen molar-refractivity contribution in [3.8, 4) is 11.1 Å². The Balaban J connectivity index is 1.45. The molecular formula is C23H23NO4. The van der Waals surface area contributed by atoms with Crippen LogP contribution in [0.25, 0.3) is 11.1 Å². The molecule has 2 aromatic rings. The number of rotatable bonds is 4. The van der Waals surface area contributed by atoms with Crippen LogP contribution in [0, 0.1) is 5.41 Å². The van der Waals surface area contributed by atoms with E-state index in [2.05, 4.69) is 24.3 Å². The standard InChI is InChI=1S/C23H23NO4/c1-23(2,21(25)26)15-11-12-24(13-15)22(27)28-14-20-18-9-5-3-7-16(18)17-8-4-6-10-19(17)20/h3-11,20H,12-14H2,1-2H3,(H,25,26). The number of ether oxygens (including phenoxy) is 1. The van der Waals surface area contributed by atoms with Gasteiger partial charge in [-0.05, 0) is 41.7 Å². The highest BCUT2D eigenvalue weighted by atomic mass is 16.6. The van der Waals surface area contributed by atoms with Crippen LogP contribution in [0.2, 0.25) is 0 Å². The molecule has 1 N–H and O–H groups in total. The lowest BCUT2D eigenvalue weighted by Gasteiger charge is -2.23. The Labute approximate surface area is 164 Å². The summed E-state index contributed by atoms with van der Waals surface area (Å²) in [6.07, 6.45) is 1.41. The molecule has 5 heteroatoms. The van der Waals surface area contributed by atoms with Gasteiger partial charge in [-0.25, -0.2) is 4.79 Å². The normalized spacial score (nSPS) is 15.8. The van der Waals surface area contributed by atoms with Crippen LogP contribution >= 0.6 is 0 Å². The van der Waals surface area contributed by atoms with E-state index in [1.54, 1.807) is 18.7 Å².